The second-order valence-electron chi connectivity index (χ2n) is 5.33. The molecule has 3 unspecified atom stereocenters. The maximum absolute atomic E-state index is 11.9. The van der Waals surface area contributed by atoms with E-state index < -0.39 is 0 Å². The molecule has 1 saturated heterocycles. The third-order valence-electron chi connectivity index (χ3n) is 3.77. The molecule has 0 radical (unpaired) electrons. The van der Waals surface area contributed by atoms with Crippen LogP contribution in [-0.2, 0) is 4.79 Å². The van der Waals surface area contributed by atoms with E-state index in [9.17, 15) is 4.79 Å². The van der Waals surface area contributed by atoms with Crippen molar-refractivity contribution >= 4 is 5.91 Å². The topological polar surface area (TPSA) is 58.4 Å². The zero-order valence-corrected chi connectivity index (χ0v) is 10.3. The summed E-state index contributed by atoms with van der Waals surface area (Å²) in [5, 5.41) is 3.07. The van der Waals surface area contributed by atoms with Crippen molar-refractivity contribution in [3.8, 4) is 0 Å². The molecule has 4 heteroatoms. The highest BCUT2D eigenvalue weighted by Crippen LogP contribution is 2.21. The van der Waals surface area contributed by atoms with E-state index in [1.807, 2.05) is 6.92 Å². The predicted octanol–water partition coefficient (Wildman–Crippen LogP) is 0.465. The molecule has 0 bridgehead atoms. The molecule has 1 aliphatic carbocycles. The molecule has 1 heterocycles. The van der Waals surface area contributed by atoms with Gasteiger partial charge in [-0.2, -0.15) is 0 Å². The van der Waals surface area contributed by atoms with Gasteiger partial charge in [-0.25, -0.2) is 0 Å². The molecule has 1 saturated carbocycles. The molecule has 2 aliphatic rings. The number of rotatable bonds is 3. The maximum atomic E-state index is 11.9. The van der Waals surface area contributed by atoms with Crippen molar-refractivity contribution in [3.05, 3.63) is 0 Å². The number of carbonyl (C=O) groups excluding carboxylic acids is 1. The first-order valence-electron chi connectivity index (χ1n) is 6.39. The van der Waals surface area contributed by atoms with Gasteiger partial charge in [0.25, 0.3) is 0 Å². The minimum atomic E-state index is -0.0110. The number of hydrogen-bond donors (Lipinski definition) is 2. The van der Waals surface area contributed by atoms with Gasteiger partial charge in [-0.3, -0.25) is 9.69 Å². The van der Waals surface area contributed by atoms with Gasteiger partial charge in [0.15, 0.2) is 0 Å². The normalized spacial score (nSPS) is 33.4. The largest absolute Gasteiger partial charge is 0.352 e. The molecule has 3 N–H and O–H groups in total. The van der Waals surface area contributed by atoms with Crippen molar-refractivity contribution < 1.29 is 4.79 Å². The lowest BCUT2D eigenvalue weighted by Crippen LogP contribution is -2.54. The van der Waals surface area contributed by atoms with E-state index in [2.05, 4.69) is 17.1 Å². The molecule has 1 aliphatic heterocycles. The zero-order chi connectivity index (χ0) is 11.7. The Bertz CT molecular complexity index is 265. The number of likely N-dealkylation sites (tertiary alicyclic amines) is 1. The highest BCUT2D eigenvalue weighted by atomic mass is 16.2. The molecule has 0 aromatic carbocycles. The average Bonchev–Trinajstić information content (AvgIpc) is 3.00. The van der Waals surface area contributed by atoms with Gasteiger partial charge in [0.05, 0.1) is 6.04 Å². The Balaban J connectivity index is 1.87. The van der Waals surface area contributed by atoms with Crippen LogP contribution in [0.25, 0.3) is 0 Å². The van der Waals surface area contributed by atoms with Crippen LogP contribution >= 0.6 is 0 Å². The Morgan fingerprint density at radius 2 is 2.12 bits per heavy atom. The molecular formula is C12H23N3O. The second-order valence-corrected chi connectivity index (χ2v) is 5.33. The zero-order valence-electron chi connectivity index (χ0n) is 10.3. The Morgan fingerprint density at radius 1 is 1.44 bits per heavy atom. The van der Waals surface area contributed by atoms with E-state index in [0.717, 1.165) is 32.2 Å². The number of nitrogens with zero attached hydrogens (tertiary/aromatic N) is 1. The van der Waals surface area contributed by atoms with Crippen LogP contribution in [0.3, 0.4) is 0 Å². The van der Waals surface area contributed by atoms with Crippen LogP contribution in [0.15, 0.2) is 0 Å². The van der Waals surface area contributed by atoms with E-state index >= 15 is 0 Å². The van der Waals surface area contributed by atoms with Crippen molar-refractivity contribution in [3.63, 3.8) is 0 Å². The van der Waals surface area contributed by atoms with Crippen LogP contribution in [0.5, 0.6) is 0 Å². The number of amides is 1. The highest BCUT2D eigenvalue weighted by Gasteiger charge is 2.32. The fraction of sp³-hybridized carbons (Fsp3) is 0.917. The third-order valence-corrected chi connectivity index (χ3v) is 3.77. The molecule has 2 rings (SSSR count). The first kappa shape index (κ1) is 11.9. The predicted molar refractivity (Wildman–Crippen MR) is 64.0 cm³/mol. The van der Waals surface area contributed by atoms with Crippen molar-refractivity contribution in [2.75, 3.05) is 6.54 Å². The monoisotopic (exact) mass is 225 g/mol. The van der Waals surface area contributed by atoms with Gasteiger partial charge in [-0.05, 0) is 39.5 Å². The fourth-order valence-electron chi connectivity index (χ4n) is 2.50. The van der Waals surface area contributed by atoms with E-state index in [1.54, 1.807) is 0 Å². The lowest BCUT2D eigenvalue weighted by Gasteiger charge is -2.39. The van der Waals surface area contributed by atoms with Gasteiger partial charge in [0.1, 0.15) is 0 Å². The van der Waals surface area contributed by atoms with Crippen LogP contribution in [0.4, 0.5) is 0 Å². The average molecular weight is 225 g/mol. The number of hydrogen-bond acceptors (Lipinski definition) is 3. The maximum Gasteiger partial charge on any atom is 0.237 e. The van der Waals surface area contributed by atoms with Crippen molar-refractivity contribution in [2.45, 2.75) is 63.7 Å². The van der Waals surface area contributed by atoms with Crippen LogP contribution in [0, 0.1) is 0 Å². The van der Waals surface area contributed by atoms with E-state index in [1.165, 1.54) is 0 Å². The number of nitrogens with two attached hydrogens (primary N) is 1. The molecule has 0 aromatic heterocycles. The van der Waals surface area contributed by atoms with Gasteiger partial charge in [0, 0.05) is 24.7 Å². The molecule has 1 amide bonds. The Kier molecular flexibility index (Phi) is 3.50. The SMILES string of the molecule is CC1CC(N)CCN1C(C)C(=O)NC1CC1. The lowest BCUT2D eigenvalue weighted by atomic mass is 9.97. The number of carbonyl (C=O) groups is 1. The number of piperidine rings is 1. The first-order valence-corrected chi connectivity index (χ1v) is 6.39. The summed E-state index contributed by atoms with van der Waals surface area (Å²) in [6.07, 6.45) is 4.31. The standard InChI is InChI=1S/C12H23N3O/c1-8-7-10(13)5-6-15(8)9(2)12(16)14-11-3-4-11/h8-11H,3-7,13H2,1-2H3,(H,14,16). The Morgan fingerprint density at radius 3 is 2.69 bits per heavy atom. The first-order chi connectivity index (χ1) is 7.58. The van der Waals surface area contributed by atoms with Crippen molar-refractivity contribution in [1.82, 2.24) is 10.2 Å². The third kappa shape index (κ3) is 2.74. The van der Waals surface area contributed by atoms with E-state index in [-0.39, 0.29) is 11.9 Å². The molecule has 92 valence electrons. The molecular weight excluding hydrogens is 202 g/mol. The van der Waals surface area contributed by atoms with Crippen LogP contribution in [0.2, 0.25) is 0 Å². The van der Waals surface area contributed by atoms with Crippen molar-refractivity contribution in [2.24, 2.45) is 5.73 Å². The minimum absolute atomic E-state index is 0.0110. The molecule has 16 heavy (non-hydrogen) atoms. The fourth-order valence-corrected chi connectivity index (χ4v) is 2.50. The summed E-state index contributed by atoms with van der Waals surface area (Å²) in [5.74, 6) is 0.185. The minimum Gasteiger partial charge on any atom is -0.352 e. The van der Waals surface area contributed by atoms with Crippen LogP contribution in [-0.4, -0.2) is 41.5 Å². The van der Waals surface area contributed by atoms with Gasteiger partial charge < -0.3 is 11.1 Å². The Hall–Kier alpha value is -0.610. The molecule has 4 nitrogen and oxygen atoms in total. The second kappa shape index (κ2) is 4.72. The van der Waals surface area contributed by atoms with E-state index in [0.29, 0.717) is 18.1 Å². The summed E-state index contributed by atoms with van der Waals surface area (Å²) >= 11 is 0. The van der Waals surface area contributed by atoms with Gasteiger partial charge in [0.2, 0.25) is 5.91 Å². The van der Waals surface area contributed by atoms with E-state index in [4.69, 9.17) is 5.73 Å². The summed E-state index contributed by atoms with van der Waals surface area (Å²) in [6.45, 7) is 5.12. The highest BCUT2D eigenvalue weighted by molar-refractivity contribution is 5.81. The summed E-state index contributed by atoms with van der Waals surface area (Å²) in [4.78, 5) is 14.2. The van der Waals surface area contributed by atoms with Gasteiger partial charge >= 0.3 is 0 Å². The summed E-state index contributed by atoms with van der Waals surface area (Å²) in [7, 11) is 0. The number of nitrogens with one attached hydrogen (secondary N) is 1. The summed E-state index contributed by atoms with van der Waals surface area (Å²) in [5.41, 5.74) is 5.93. The quantitative estimate of drug-likeness (QED) is 0.734. The molecule has 2 fully saturated rings. The van der Waals surface area contributed by atoms with Crippen LogP contribution in [0.1, 0.15) is 39.5 Å². The Labute approximate surface area is 97.6 Å². The molecule has 0 spiro atoms. The van der Waals surface area contributed by atoms with Gasteiger partial charge in [-0.15, -0.1) is 0 Å². The summed E-state index contributed by atoms with van der Waals surface area (Å²) in [6, 6.07) is 1.18. The lowest BCUT2D eigenvalue weighted by molar-refractivity contribution is -0.127. The smallest absolute Gasteiger partial charge is 0.237 e. The molecule has 0 aromatic rings. The van der Waals surface area contributed by atoms with Gasteiger partial charge in [-0.1, -0.05) is 0 Å². The van der Waals surface area contributed by atoms with Crippen LogP contribution < -0.4 is 11.1 Å². The summed E-state index contributed by atoms with van der Waals surface area (Å²) < 4.78 is 0. The van der Waals surface area contributed by atoms with Crippen molar-refractivity contribution in [1.29, 1.82) is 0 Å². The molecule has 3 atom stereocenters.